The van der Waals surface area contributed by atoms with E-state index >= 15 is 0 Å². The topological polar surface area (TPSA) is 24.5 Å². The van der Waals surface area contributed by atoms with E-state index in [4.69, 9.17) is 16.3 Å². The molecular weight excluding hydrogens is 340 g/mol. The molecule has 0 bridgehead atoms. The van der Waals surface area contributed by atoms with Crippen LogP contribution in [0.15, 0.2) is 22.7 Å². The van der Waals surface area contributed by atoms with E-state index in [1.807, 2.05) is 19.2 Å². The second-order valence-corrected chi connectivity index (χ2v) is 6.46. The van der Waals surface area contributed by atoms with Crippen molar-refractivity contribution in [3.8, 4) is 0 Å². The fraction of sp³-hybridized carbons (Fsp3) is 0.600. The van der Waals surface area contributed by atoms with Crippen molar-refractivity contribution in [2.75, 3.05) is 33.3 Å². The van der Waals surface area contributed by atoms with E-state index in [0.29, 0.717) is 0 Å². The molecule has 0 amide bonds. The molecule has 3 nitrogen and oxygen atoms in total. The Morgan fingerprint density at radius 1 is 1.55 bits per heavy atom. The predicted molar refractivity (Wildman–Crippen MR) is 87.6 cm³/mol. The molecule has 0 spiro atoms. The average molecular weight is 362 g/mol. The Bertz CT molecular complexity index is 444. The second-order valence-electron chi connectivity index (χ2n) is 5.14. The number of halogens is 2. The fourth-order valence-corrected chi connectivity index (χ4v) is 3.36. The maximum absolute atomic E-state index is 6.32. The number of nitrogens with one attached hydrogen (secondary N) is 1. The Morgan fingerprint density at radius 2 is 2.35 bits per heavy atom. The van der Waals surface area contributed by atoms with Crippen LogP contribution >= 0.6 is 27.5 Å². The molecule has 0 aliphatic carbocycles. The van der Waals surface area contributed by atoms with Gasteiger partial charge in [0, 0.05) is 28.6 Å². The van der Waals surface area contributed by atoms with E-state index in [2.05, 4.69) is 39.1 Å². The average Bonchev–Trinajstić information content (AvgIpc) is 2.46. The van der Waals surface area contributed by atoms with Crippen LogP contribution in [0.4, 0.5) is 0 Å². The minimum atomic E-state index is 0.216. The molecule has 1 saturated heterocycles. The van der Waals surface area contributed by atoms with Crippen LogP contribution in [0.2, 0.25) is 5.02 Å². The molecule has 20 heavy (non-hydrogen) atoms. The van der Waals surface area contributed by atoms with Crippen LogP contribution in [-0.2, 0) is 11.2 Å². The summed E-state index contributed by atoms with van der Waals surface area (Å²) in [7, 11) is 1.99. The molecule has 1 aromatic rings. The van der Waals surface area contributed by atoms with Crippen molar-refractivity contribution < 1.29 is 4.74 Å². The molecule has 112 valence electrons. The van der Waals surface area contributed by atoms with Gasteiger partial charge in [0.2, 0.25) is 0 Å². The summed E-state index contributed by atoms with van der Waals surface area (Å²) in [6.45, 7) is 6.10. The first kappa shape index (κ1) is 16.2. The van der Waals surface area contributed by atoms with Crippen molar-refractivity contribution in [2.24, 2.45) is 0 Å². The van der Waals surface area contributed by atoms with Gasteiger partial charge in [0.1, 0.15) is 0 Å². The van der Waals surface area contributed by atoms with Crippen molar-refractivity contribution in [3.63, 3.8) is 0 Å². The van der Waals surface area contributed by atoms with Crippen molar-refractivity contribution >= 4 is 27.5 Å². The number of ether oxygens (including phenoxy) is 1. The Balaban J connectivity index is 2.04. The molecule has 1 aliphatic heterocycles. The molecule has 0 aromatic heterocycles. The van der Waals surface area contributed by atoms with Gasteiger partial charge in [-0.2, -0.15) is 0 Å². The van der Waals surface area contributed by atoms with Gasteiger partial charge in [-0.05, 0) is 37.7 Å². The molecule has 1 aromatic carbocycles. The molecule has 5 heteroatoms. The van der Waals surface area contributed by atoms with Gasteiger partial charge >= 0.3 is 0 Å². The van der Waals surface area contributed by atoms with Crippen LogP contribution in [0.5, 0.6) is 0 Å². The summed E-state index contributed by atoms with van der Waals surface area (Å²) < 4.78 is 6.95. The standard InChI is InChI=1S/C15H22BrClN2O/c1-3-19-6-7-20-15(10-19)14(18-2)8-11-4-5-12(16)9-13(11)17/h4-5,9,14-15,18H,3,6-8,10H2,1-2H3. The Morgan fingerprint density at radius 3 is 3.00 bits per heavy atom. The first-order valence-electron chi connectivity index (χ1n) is 7.09. The lowest BCUT2D eigenvalue weighted by Gasteiger charge is -2.36. The second kappa shape index (κ2) is 7.76. The summed E-state index contributed by atoms with van der Waals surface area (Å²) in [6.07, 6.45) is 1.10. The van der Waals surface area contributed by atoms with Crippen LogP contribution in [-0.4, -0.2) is 50.3 Å². The van der Waals surface area contributed by atoms with Crippen LogP contribution in [0, 0.1) is 0 Å². The van der Waals surface area contributed by atoms with E-state index in [9.17, 15) is 0 Å². The third kappa shape index (κ3) is 4.18. The monoisotopic (exact) mass is 360 g/mol. The van der Waals surface area contributed by atoms with Gasteiger partial charge in [-0.25, -0.2) is 0 Å². The molecule has 2 atom stereocenters. The van der Waals surface area contributed by atoms with Gasteiger partial charge in [0.25, 0.3) is 0 Å². The smallest absolute Gasteiger partial charge is 0.0858 e. The highest BCUT2D eigenvalue weighted by molar-refractivity contribution is 9.10. The lowest BCUT2D eigenvalue weighted by Crippen LogP contribution is -2.52. The first-order valence-corrected chi connectivity index (χ1v) is 8.26. The minimum absolute atomic E-state index is 0.216. The Labute approximate surface area is 134 Å². The molecule has 1 fully saturated rings. The third-order valence-corrected chi connectivity index (χ3v) is 4.74. The van der Waals surface area contributed by atoms with Crippen LogP contribution in [0.3, 0.4) is 0 Å². The Kier molecular flexibility index (Phi) is 6.30. The zero-order valence-electron chi connectivity index (χ0n) is 12.0. The van der Waals surface area contributed by atoms with Gasteiger partial charge in [0.05, 0.1) is 12.7 Å². The number of likely N-dealkylation sites (N-methyl/N-ethyl adjacent to an activating group) is 2. The lowest BCUT2D eigenvalue weighted by atomic mass is 10.00. The van der Waals surface area contributed by atoms with E-state index in [-0.39, 0.29) is 12.1 Å². The summed E-state index contributed by atoms with van der Waals surface area (Å²) in [6, 6.07) is 6.34. The predicted octanol–water partition coefficient (Wildman–Crippen LogP) is 2.95. The largest absolute Gasteiger partial charge is 0.374 e. The zero-order valence-corrected chi connectivity index (χ0v) is 14.4. The summed E-state index contributed by atoms with van der Waals surface area (Å²) in [5.74, 6) is 0. The molecule has 0 radical (unpaired) electrons. The highest BCUT2D eigenvalue weighted by Crippen LogP contribution is 2.23. The van der Waals surface area contributed by atoms with Crippen molar-refractivity contribution in [1.82, 2.24) is 10.2 Å². The number of benzene rings is 1. The lowest BCUT2D eigenvalue weighted by molar-refractivity contribution is -0.0436. The summed E-state index contributed by atoms with van der Waals surface area (Å²) in [5.41, 5.74) is 1.16. The number of morpholine rings is 1. The Hall–Kier alpha value is -0.130. The van der Waals surface area contributed by atoms with Crippen molar-refractivity contribution in [2.45, 2.75) is 25.5 Å². The highest BCUT2D eigenvalue weighted by atomic mass is 79.9. The number of nitrogens with zero attached hydrogens (tertiary/aromatic N) is 1. The molecule has 1 aliphatic rings. The van der Waals surface area contributed by atoms with Crippen LogP contribution < -0.4 is 5.32 Å². The number of rotatable bonds is 5. The third-order valence-electron chi connectivity index (χ3n) is 3.90. The number of hydrogen-bond acceptors (Lipinski definition) is 3. The molecule has 1 N–H and O–H groups in total. The molecule has 2 rings (SSSR count). The van der Waals surface area contributed by atoms with Crippen LogP contribution in [0.25, 0.3) is 0 Å². The van der Waals surface area contributed by atoms with E-state index < -0.39 is 0 Å². The molecule has 2 unspecified atom stereocenters. The molecule has 0 saturated carbocycles. The first-order chi connectivity index (χ1) is 9.63. The van der Waals surface area contributed by atoms with Crippen molar-refractivity contribution in [3.05, 3.63) is 33.3 Å². The normalized spacial score (nSPS) is 21.9. The SMILES string of the molecule is CCN1CCOC(C(Cc2ccc(Br)cc2Cl)NC)C1. The van der Waals surface area contributed by atoms with E-state index in [1.165, 1.54) is 0 Å². The number of hydrogen-bond donors (Lipinski definition) is 1. The highest BCUT2D eigenvalue weighted by Gasteiger charge is 2.27. The molecule has 1 heterocycles. The minimum Gasteiger partial charge on any atom is -0.374 e. The maximum Gasteiger partial charge on any atom is 0.0858 e. The molecular formula is C15H22BrClN2O. The fourth-order valence-electron chi connectivity index (χ4n) is 2.61. The summed E-state index contributed by atoms with van der Waals surface area (Å²) in [5, 5.41) is 4.19. The quantitative estimate of drug-likeness (QED) is 0.872. The van der Waals surface area contributed by atoms with Crippen LogP contribution in [0.1, 0.15) is 12.5 Å². The maximum atomic E-state index is 6.32. The van der Waals surface area contributed by atoms with Gasteiger partial charge in [0.15, 0.2) is 0 Å². The van der Waals surface area contributed by atoms with E-state index in [1.54, 1.807) is 0 Å². The van der Waals surface area contributed by atoms with Gasteiger partial charge in [-0.3, -0.25) is 4.90 Å². The van der Waals surface area contributed by atoms with Gasteiger partial charge < -0.3 is 10.1 Å². The van der Waals surface area contributed by atoms with Crippen molar-refractivity contribution in [1.29, 1.82) is 0 Å². The van der Waals surface area contributed by atoms with Gasteiger partial charge in [-0.1, -0.05) is 40.5 Å². The summed E-state index contributed by atoms with van der Waals surface area (Å²) >= 11 is 9.76. The summed E-state index contributed by atoms with van der Waals surface area (Å²) in [4.78, 5) is 2.43. The van der Waals surface area contributed by atoms with E-state index in [0.717, 1.165) is 47.7 Å². The van der Waals surface area contributed by atoms with Gasteiger partial charge in [-0.15, -0.1) is 0 Å². The zero-order chi connectivity index (χ0) is 14.5.